The smallest absolute Gasteiger partial charge is 0.0257 e. The molecule has 0 spiro atoms. The van der Waals surface area contributed by atoms with Gasteiger partial charge in [0.15, 0.2) is 0 Å². The highest BCUT2D eigenvalue weighted by molar-refractivity contribution is 5.37. The molecule has 0 unspecified atom stereocenters. The third-order valence-electron chi connectivity index (χ3n) is 3.78. The number of hydrogen-bond acceptors (Lipinski definition) is 0. The molecule has 0 nitrogen and oxygen atoms in total. The summed E-state index contributed by atoms with van der Waals surface area (Å²) in [5.74, 6) is 0.638. The summed E-state index contributed by atoms with van der Waals surface area (Å²) in [5.41, 5.74) is 5.81. The molecule has 0 saturated carbocycles. The van der Waals surface area contributed by atoms with Gasteiger partial charge in [0.2, 0.25) is 0 Å². The molecule has 0 aromatic carbocycles. The van der Waals surface area contributed by atoms with Gasteiger partial charge in [-0.15, -0.1) is 0 Å². The Morgan fingerprint density at radius 2 is 1.72 bits per heavy atom. The van der Waals surface area contributed by atoms with Gasteiger partial charge in [0.1, 0.15) is 0 Å². The second-order valence-electron chi connectivity index (χ2n) is 5.45. The van der Waals surface area contributed by atoms with Gasteiger partial charge < -0.3 is 0 Å². The van der Waals surface area contributed by atoms with Crippen LogP contribution < -0.4 is 0 Å². The zero-order chi connectivity index (χ0) is 14.1. The van der Waals surface area contributed by atoms with E-state index < -0.39 is 0 Å². The number of unbranched alkanes of at least 4 members (excludes halogenated alkanes) is 1. The molecule has 0 atom stereocenters. The van der Waals surface area contributed by atoms with Crippen molar-refractivity contribution in [2.45, 2.75) is 73.6 Å². The Bertz CT molecular complexity index is 313. The van der Waals surface area contributed by atoms with E-state index in [1.54, 1.807) is 0 Å². The van der Waals surface area contributed by atoms with Crippen molar-refractivity contribution in [3.05, 3.63) is 34.9 Å². The van der Waals surface area contributed by atoms with E-state index in [0.717, 1.165) is 12.8 Å². The van der Waals surface area contributed by atoms with Crippen molar-refractivity contribution in [1.29, 1.82) is 0 Å². The second-order valence-corrected chi connectivity index (χ2v) is 5.45. The van der Waals surface area contributed by atoms with Crippen LogP contribution in [0.2, 0.25) is 0 Å². The quantitative estimate of drug-likeness (QED) is 0.433. The zero-order valence-electron chi connectivity index (χ0n) is 13.4. The first-order valence-corrected chi connectivity index (χ1v) is 7.56. The van der Waals surface area contributed by atoms with Crippen LogP contribution in [0.1, 0.15) is 73.6 Å². The molecule has 0 aliphatic rings. The Morgan fingerprint density at radius 1 is 1.11 bits per heavy atom. The van der Waals surface area contributed by atoms with E-state index in [2.05, 4.69) is 54.2 Å². The van der Waals surface area contributed by atoms with Gasteiger partial charge in [0, 0.05) is 0 Å². The molecule has 0 saturated heterocycles. The lowest BCUT2D eigenvalue weighted by atomic mass is 9.92. The Morgan fingerprint density at radius 3 is 2.11 bits per heavy atom. The lowest BCUT2D eigenvalue weighted by molar-refractivity contribution is 0.750. The number of hydrogen-bond donors (Lipinski definition) is 0. The van der Waals surface area contributed by atoms with Crippen molar-refractivity contribution in [1.82, 2.24) is 0 Å². The largest absolute Gasteiger partial charge is 0.0956 e. The lowest BCUT2D eigenvalue weighted by Crippen LogP contribution is -1.96. The first-order chi connectivity index (χ1) is 8.47. The maximum Gasteiger partial charge on any atom is -0.0257 e. The summed E-state index contributed by atoms with van der Waals surface area (Å²) >= 11 is 0. The molecule has 0 bridgehead atoms. The lowest BCUT2D eigenvalue weighted by Gasteiger charge is -2.14. The topological polar surface area (TPSA) is 0 Å². The summed E-state index contributed by atoms with van der Waals surface area (Å²) in [5, 5.41) is 0. The summed E-state index contributed by atoms with van der Waals surface area (Å²) in [6, 6.07) is 0. The molecule has 0 radical (unpaired) electrons. The minimum Gasteiger partial charge on any atom is -0.0956 e. The summed E-state index contributed by atoms with van der Waals surface area (Å²) in [4.78, 5) is 0. The normalized spacial score (nSPS) is 13.8. The molecule has 0 fully saturated rings. The van der Waals surface area contributed by atoms with Crippen molar-refractivity contribution in [3.8, 4) is 0 Å². The predicted molar refractivity (Wildman–Crippen MR) is 84.9 cm³/mol. The molecule has 0 aliphatic carbocycles. The van der Waals surface area contributed by atoms with Gasteiger partial charge in [0.25, 0.3) is 0 Å². The first-order valence-electron chi connectivity index (χ1n) is 7.56. The molecular weight excluding hydrogens is 216 g/mol. The van der Waals surface area contributed by atoms with Gasteiger partial charge in [-0.05, 0) is 49.7 Å². The Balaban J connectivity index is 5.23. The Kier molecular flexibility index (Phi) is 8.79. The van der Waals surface area contributed by atoms with Crippen molar-refractivity contribution in [2.24, 2.45) is 5.92 Å². The molecule has 104 valence electrons. The average molecular weight is 248 g/mol. The van der Waals surface area contributed by atoms with Crippen LogP contribution in [0, 0.1) is 5.92 Å². The fraction of sp³-hybridized carbons (Fsp3) is 0.667. The highest BCUT2D eigenvalue weighted by Gasteiger charge is 2.06. The third-order valence-corrected chi connectivity index (χ3v) is 3.78. The third kappa shape index (κ3) is 5.71. The van der Waals surface area contributed by atoms with Crippen molar-refractivity contribution in [2.75, 3.05) is 0 Å². The van der Waals surface area contributed by atoms with E-state index in [0.29, 0.717) is 5.92 Å². The first kappa shape index (κ1) is 17.2. The fourth-order valence-corrected chi connectivity index (χ4v) is 2.02. The van der Waals surface area contributed by atoms with E-state index in [4.69, 9.17) is 0 Å². The van der Waals surface area contributed by atoms with Crippen LogP contribution in [0.25, 0.3) is 0 Å². The predicted octanol–water partition coefficient (Wildman–Crippen LogP) is 6.45. The van der Waals surface area contributed by atoms with Gasteiger partial charge in [-0.1, -0.05) is 64.8 Å². The summed E-state index contributed by atoms with van der Waals surface area (Å²) in [7, 11) is 0. The molecule has 0 rings (SSSR count). The van der Waals surface area contributed by atoms with Crippen LogP contribution in [-0.4, -0.2) is 0 Å². The van der Waals surface area contributed by atoms with Gasteiger partial charge in [-0.25, -0.2) is 0 Å². The van der Waals surface area contributed by atoms with E-state index >= 15 is 0 Å². The van der Waals surface area contributed by atoms with Crippen LogP contribution in [0.5, 0.6) is 0 Å². The van der Waals surface area contributed by atoms with E-state index in [-0.39, 0.29) is 0 Å². The van der Waals surface area contributed by atoms with Gasteiger partial charge in [0.05, 0.1) is 0 Å². The molecule has 0 N–H and O–H groups in total. The molecular formula is C18H32. The highest BCUT2D eigenvalue weighted by Crippen LogP contribution is 2.25. The van der Waals surface area contributed by atoms with E-state index in [1.165, 1.54) is 41.6 Å². The second kappa shape index (κ2) is 9.19. The SMILES string of the molecule is C=C(CC)C(=CC(CC)=C(C)C(C)C)CCCC. The van der Waals surface area contributed by atoms with Crippen molar-refractivity contribution >= 4 is 0 Å². The van der Waals surface area contributed by atoms with E-state index in [1.807, 2.05) is 0 Å². The van der Waals surface area contributed by atoms with Gasteiger partial charge in [-0.2, -0.15) is 0 Å². The molecule has 0 aromatic heterocycles. The maximum absolute atomic E-state index is 4.23. The summed E-state index contributed by atoms with van der Waals surface area (Å²) in [6.07, 6.45) is 8.30. The minimum atomic E-state index is 0.638. The average Bonchev–Trinajstić information content (AvgIpc) is 2.37. The molecule has 0 aromatic rings. The highest BCUT2D eigenvalue weighted by atomic mass is 14.1. The van der Waals surface area contributed by atoms with Crippen molar-refractivity contribution in [3.63, 3.8) is 0 Å². The fourth-order valence-electron chi connectivity index (χ4n) is 2.02. The molecule has 18 heavy (non-hydrogen) atoms. The minimum absolute atomic E-state index is 0.638. The van der Waals surface area contributed by atoms with Crippen LogP contribution in [0.15, 0.2) is 34.9 Å². The number of allylic oxidation sites excluding steroid dienone is 5. The van der Waals surface area contributed by atoms with Crippen LogP contribution in [0.4, 0.5) is 0 Å². The molecule has 0 heteroatoms. The monoisotopic (exact) mass is 248 g/mol. The van der Waals surface area contributed by atoms with Crippen LogP contribution in [0.3, 0.4) is 0 Å². The van der Waals surface area contributed by atoms with Gasteiger partial charge >= 0.3 is 0 Å². The maximum atomic E-state index is 4.23. The number of rotatable bonds is 8. The molecule has 0 aliphatic heterocycles. The van der Waals surface area contributed by atoms with E-state index in [9.17, 15) is 0 Å². The van der Waals surface area contributed by atoms with Gasteiger partial charge in [-0.3, -0.25) is 0 Å². The molecule has 0 heterocycles. The Hall–Kier alpha value is -0.780. The zero-order valence-corrected chi connectivity index (χ0v) is 13.4. The standard InChI is InChI=1S/C18H32/c1-8-11-12-18(15(6)9-2)13-17(10-3)16(7)14(4)5/h13-14H,6,8-12H2,1-5,7H3. The Labute approximate surface area is 115 Å². The molecule has 0 amide bonds. The summed E-state index contributed by atoms with van der Waals surface area (Å²) in [6.45, 7) is 17.8. The van der Waals surface area contributed by atoms with Crippen LogP contribution >= 0.6 is 0 Å². The summed E-state index contributed by atoms with van der Waals surface area (Å²) < 4.78 is 0. The van der Waals surface area contributed by atoms with Crippen LogP contribution in [-0.2, 0) is 0 Å². The van der Waals surface area contributed by atoms with Crippen molar-refractivity contribution < 1.29 is 0 Å².